The van der Waals surface area contributed by atoms with E-state index in [-0.39, 0.29) is 16.7 Å². The number of nitrogens with two attached hydrogens (primary N) is 1. The van der Waals surface area contributed by atoms with Crippen LogP contribution in [-0.4, -0.2) is 29.0 Å². The summed E-state index contributed by atoms with van der Waals surface area (Å²) in [7, 11) is 0. The third-order valence-electron chi connectivity index (χ3n) is 3.18. The summed E-state index contributed by atoms with van der Waals surface area (Å²) >= 11 is 3.26. The molecule has 1 aromatic rings. The van der Waals surface area contributed by atoms with E-state index < -0.39 is 0 Å². The lowest BCUT2D eigenvalue weighted by Gasteiger charge is -2.30. The highest BCUT2D eigenvalue weighted by molar-refractivity contribution is 9.10. The molecule has 0 aliphatic carbocycles. The summed E-state index contributed by atoms with van der Waals surface area (Å²) in [5.74, 6) is 0. The zero-order valence-corrected chi connectivity index (χ0v) is 11.6. The Labute approximate surface area is 114 Å². The maximum atomic E-state index is 11.0. The molecule has 1 aliphatic rings. The fraction of sp³-hybridized carbons (Fsp3) is 0.500. The first-order chi connectivity index (χ1) is 8.56. The maximum Gasteiger partial charge on any atom is 0.275 e. The van der Waals surface area contributed by atoms with Crippen molar-refractivity contribution in [1.29, 1.82) is 0 Å². The van der Waals surface area contributed by atoms with Crippen LogP contribution in [0, 0.1) is 10.1 Å². The molecular formula is C12H16BrN3O2. The Balaban J connectivity index is 2.15. The number of nitrogens with zero attached hydrogens (tertiary/aromatic N) is 2. The molecule has 0 spiro atoms. The van der Waals surface area contributed by atoms with E-state index in [1.54, 1.807) is 6.07 Å². The van der Waals surface area contributed by atoms with Gasteiger partial charge in [0.1, 0.15) is 0 Å². The number of hydrogen-bond donors (Lipinski definition) is 1. The van der Waals surface area contributed by atoms with Gasteiger partial charge in [0.15, 0.2) is 0 Å². The number of hydrogen-bond acceptors (Lipinski definition) is 4. The number of nitro groups is 1. The van der Waals surface area contributed by atoms with Gasteiger partial charge in [-0.1, -0.05) is 15.9 Å². The minimum Gasteiger partial charge on any atom is -0.327 e. The van der Waals surface area contributed by atoms with Gasteiger partial charge in [-0.3, -0.25) is 15.0 Å². The number of rotatable bonds is 3. The van der Waals surface area contributed by atoms with E-state index in [1.165, 1.54) is 0 Å². The van der Waals surface area contributed by atoms with E-state index in [2.05, 4.69) is 20.8 Å². The molecule has 1 saturated heterocycles. The van der Waals surface area contributed by atoms with Crippen LogP contribution in [0.5, 0.6) is 0 Å². The summed E-state index contributed by atoms with van der Waals surface area (Å²) in [6.45, 7) is 2.37. The van der Waals surface area contributed by atoms with Crippen LogP contribution in [0.2, 0.25) is 0 Å². The molecule has 0 saturated carbocycles. The Morgan fingerprint density at radius 1 is 1.56 bits per heavy atom. The SMILES string of the molecule is N[C@@H]1CCCN(Cc2ccc(Br)cc2[N+](=O)[O-])C1. The second-order valence-electron chi connectivity index (χ2n) is 4.67. The van der Waals surface area contributed by atoms with Crippen molar-refractivity contribution in [3.63, 3.8) is 0 Å². The van der Waals surface area contributed by atoms with E-state index in [0.29, 0.717) is 6.54 Å². The molecule has 6 heteroatoms. The highest BCUT2D eigenvalue weighted by atomic mass is 79.9. The second-order valence-corrected chi connectivity index (χ2v) is 5.58. The smallest absolute Gasteiger partial charge is 0.275 e. The minimum absolute atomic E-state index is 0.170. The molecule has 1 atom stereocenters. The zero-order valence-electron chi connectivity index (χ0n) is 10.0. The molecule has 1 fully saturated rings. The number of piperidine rings is 1. The van der Waals surface area contributed by atoms with Crippen LogP contribution in [0.1, 0.15) is 18.4 Å². The van der Waals surface area contributed by atoms with Gasteiger partial charge in [0.2, 0.25) is 0 Å². The van der Waals surface area contributed by atoms with Crippen LogP contribution in [0.25, 0.3) is 0 Å². The molecule has 2 rings (SSSR count). The molecule has 0 unspecified atom stereocenters. The monoisotopic (exact) mass is 313 g/mol. The summed E-state index contributed by atoms with van der Waals surface area (Å²) in [4.78, 5) is 12.9. The van der Waals surface area contributed by atoms with Crippen molar-refractivity contribution in [1.82, 2.24) is 4.90 Å². The van der Waals surface area contributed by atoms with Gasteiger partial charge in [-0.2, -0.15) is 0 Å². The molecule has 2 N–H and O–H groups in total. The van der Waals surface area contributed by atoms with Crippen molar-refractivity contribution in [2.45, 2.75) is 25.4 Å². The molecule has 5 nitrogen and oxygen atoms in total. The summed E-state index contributed by atoms with van der Waals surface area (Å²) in [6, 6.07) is 5.39. The summed E-state index contributed by atoms with van der Waals surface area (Å²) < 4.78 is 0.730. The Kier molecular flexibility index (Phi) is 4.31. The van der Waals surface area contributed by atoms with Crippen LogP contribution >= 0.6 is 15.9 Å². The molecule has 1 heterocycles. The van der Waals surface area contributed by atoms with Gasteiger partial charge < -0.3 is 5.73 Å². The van der Waals surface area contributed by atoms with Crippen LogP contribution in [-0.2, 0) is 6.54 Å². The maximum absolute atomic E-state index is 11.0. The third kappa shape index (κ3) is 3.28. The molecule has 1 aromatic carbocycles. The Morgan fingerprint density at radius 3 is 3.00 bits per heavy atom. The van der Waals surface area contributed by atoms with Crippen molar-refractivity contribution in [3.8, 4) is 0 Å². The quantitative estimate of drug-likeness (QED) is 0.686. The molecule has 0 bridgehead atoms. The highest BCUT2D eigenvalue weighted by Gasteiger charge is 2.21. The fourth-order valence-corrected chi connectivity index (χ4v) is 2.67. The molecule has 0 radical (unpaired) electrons. The summed E-state index contributed by atoms with van der Waals surface area (Å²) in [5.41, 5.74) is 6.84. The molecular weight excluding hydrogens is 298 g/mol. The van der Waals surface area contributed by atoms with Crippen molar-refractivity contribution >= 4 is 21.6 Å². The normalized spacial score (nSPS) is 20.9. The summed E-state index contributed by atoms with van der Waals surface area (Å²) in [6.07, 6.45) is 2.10. The first-order valence-corrected chi connectivity index (χ1v) is 6.76. The largest absolute Gasteiger partial charge is 0.327 e. The Hall–Kier alpha value is -0.980. The average Bonchev–Trinajstić information content (AvgIpc) is 2.31. The van der Waals surface area contributed by atoms with Gasteiger partial charge in [0.05, 0.1) is 4.92 Å². The van der Waals surface area contributed by atoms with Crippen molar-refractivity contribution in [2.24, 2.45) is 5.73 Å². The zero-order chi connectivity index (χ0) is 13.1. The van der Waals surface area contributed by atoms with Crippen molar-refractivity contribution in [2.75, 3.05) is 13.1 Å². The first kappa shape index (κ1) is 13.5. The van der Waals surface area contributed by atoms with Crippen LogP contribution in [0.3, 0.4) is 0 Å². The lowest BCUT2D eigenvalue weighted by atomic mass is 10.1. The highest BCUT2D eigenvalue weighted by Crippen LogP contribution is 2.25. The average molecular weight is 314 g/mol. The van der Waals surface area contributed by atoms with Crippen LogP contribution in [0.15, 0.2) is 22.7 Å². The third-order valence-corrected chi connectivity index (χ3v) is 3.67. The van der Waals surface area contributed by atoms with E-state index in [0.717, 1.165) is 36.0 Å². The van der Waals surface area contributed by atoms with E-state index in [1.807, 2.05) is 12.1 Å². The van der Waals surface area contributed by atoms with Gasteiger partial charge >= 0.3 is 0 Å². The molecule has 0 aromatic heterocycles. The fourth-order valence-electron chi connectivity index (χ4n) is 2.32. The number of nitro benzene ring substituents is 1. The minimum atomic E-state index is -0.329. The predicted octanol–water partition coefficient (Wildman–Crippen LogP) is 2.28. The predicted molar refractivity (Wildman–Crippen MR) is 73.3 cm³/mol. The number of benzene rings is 1. The van der Waals surface area contributed by atoms with Gasteiger partial charge in [-0.05, 0) is 31.5 Å². The molecule has 98 valence electrons. The Bertz CT molecular complexity index is 453. The molecule has 0 amide bonds. The number of likely N-dealkylation sites (tertiary alicyclic amines) is 1. The molecule has 18 heavy (non-hydrogen) atoms. The van der Waals surface area contributed by atoms with Crippen LogP contribution in [0.4, 0.5) is 5.69 Å². The molecule has 1 aliphatic heterocycles. The number of halogens is 1. The standard InChI is InChI=1S/C12H16BrN3O2/c13-10-4-3-9(12(6-10)16(17)18)7-15-5-1-2-11(14)8-15/h3-4,6,11H,1-2,5,7-8,14H2/t11-/m1/s1. The van der Waals surface area contributed by atoms with Crippen LogP contribution < -0.4 is 5.73 Å². The second kappa shape index (κ2) is 5.77. The lowest BCUT2D eigenvalue weighted by molar-refractivity contribution is -0.385. The van der Waals surface area contributed by atoms with Crippen molar-refractivity contribution in [3.05, 3.63) is 38.3 Å². The van der Waals surface area contributed by atoms with Gasteiger partial charge in [-0.25, -0.2) is 0 Å². The van der Waals surface area contributed by atoms with Gasteiger partial charge in [0, 0.05) is 35.2 Å². The summed E-state index contributed by atoms with van der Waals surface area (Å²) in [5, 5.41) is 11.0. The van der Waals surface area contributed by atoms with E-state index >= 15 is 0 Å². The van der Waals surface area contributed by atoms with Gasteiger partial charge in [-0.15, -0.1) is 0 Å². The van der Waals surface area contributed by atoms with Crippen molar-refractivity contribution < 1.29 is 4.92 Å². The Morgan fingerprint density at radius 2 is 2.33 bits per heavy atom. The lowest BCUT2D eigenvalue weighted by Crippen LogP contribution is -2.42. The van der Waals surface area contributed by atoms with E-state index in [9.17, 15) is 10.1 Å². The topological polar surface area (TPSA) is 72.4 Å². The van der Waals surface area contributed by atoms with Gasteiger partial charge in [0.25, 0.3) is 5.69 Å². The first-order valence-electron chi connectivity index (χ1n) is 5.97. The van der Waals surface area contributed by atoms with E-state index in [4.69, 9.17) is 5.73 Å².